The van der Waals surface area contributed by atoms with Crippen molar-refractivity contribution >= 4 is 28.7 Å². The number of ether oxygens (including phenoxy) is 1. The highest BCUT2D eigenvalue weighted by Gasteiger charge is 2.25. The lowest BCUT2D eigenvalue weighted by Gasteiger charge is -2.33. The lowest BCUT2D eigenvalue weighted by Crippen LogP contribution is -2.37. The highest BCUT2D eigenvalue weighted by molar-refractivity contribution is 6.07. The topological polar surface area (TPSA) is 134 Å². The van der Waals surface area contributed by atoms with Gasteiger partial charge in [0.1, 0.15) is 28.6 Å². The molecule has 40 heavy (non-hydrogen) atoms. The van der Waals surface area contributed by atoms with E-state index in [-0.39, 0.29) is 12.0 Å². The Morgan fingerprint density at radius 1 is 1.02 bits per heavy atom. The number of alkyl carbamates (subject to hydrolysis) is 1. The fourth-order valence-corrected chi connectivity index (χ4v) is 5.77. The van der Waals surface area contributed by atoms with Crippen LogP contribution in [0.25, 0.3) is 10.9 Å². The van der Waals surface area contributed by atoms with Gasteiger partial charge in [0.05, 0.1) is 11.1 Å². The van der Waals surface area contributed by atoms with Gasteiger partial charge < -0.3 is 20.3 Å². The van der Waals surface area contributed by atoms with Crippen molar-refractivity contribution in [2.45, 2.75) is 71.3 Å². The number of benzene rings is 1. The Labute approximate surface area is 236 Å². The number of amides is 2. The second-order valence-electron chi connectivity index (χ2n) is 12.2. The Kier molecular flexibility index (Phi) is 10.1. The Bertz CT molecular complexity index is 1210. The molecule has 0 bridgehead atoms. The van der Waals surface area contributed by atoms with Crippen LogP contribution in [-0.4, -0.2) is 55.3 Å². The van der Waals surface area contributed by atoms with Crippen LogP contribution >= 0.6 is 0 Å². The van der Waals surface area contributed by atoms with E-state index in [9.17, 15) is 9.59 Å². The number of carbonyl (C=O) groups is 2. The lowest BCUT2D eigenvalue weighted by atomic mass is 9.82. The van der Waals surface area contributed by atoms with Gasteiger partial charge in [0.25, 0.3) is 5.91 Å². The molecule has 2 fully saturated rings. The molecule has 10 nitrogen and oxygen atoms in total. The van der Waals surface area contributed by atoms with Crippen molar-refractivity contribution in [2.75, 3.05) is 37.6 Å². The first kappa shape index (κ1) is 29.5. The van der Waals surface area contributed by atoms with Gasteiger partial charge in [-0.3, -0.25) is 4.79 Å². The number of hydrogen-bond donors (Lipinski definition) is 3. The van der Waals surface area contributed by atoms with Gasteiger partial charge in [0, 0.05) is 31.6 Å². The zero-order valence-corrected chi connectivity index (χ0v) is 24.1. The molecule has 0 unspecified atom stereocenters. The largest absolute Gasteiger partial charge is 0.444 e. The van der Waals surface area contributed by atoms with Gasteiger partial charge in [0.2, 0.25) is 4.91 Å². The minimum Gasteiger partial charge on any atom is -0.444 e. The molecule has 2 heterocycles. The van der Waals surface area contributed by atoms with Crippen molar-refractivity contribution in [1.29, 1.82) is 5.53 Å². The number of aromatic nitrogens is 1. The molecule has 3 N–H and O–H groups in total. The van der Waals surface area contributed by atoms with Crippen LogP contribution in [0.5, 0.6) is 0 Å². The number of anilines is 1. The van der Waals surface area contributed by atoms with Crippen LogP contribution in [0.4, 0.5) is 10.6 Å². The molecule has 216 valence electrons. The highest BCUT2D eigenvalue weighted by atomic mass is 16.6. The van der Waals surface area contributed by atoms with E-state index in [1.165, 1.54) is 0 Å². The normalized spacial score (nSPS) is 20.0. The van der Waals surface area contributed by atoms with Gasteiger partial charge >= 0.3 is 6.09 Å². The van der Waals surface area contributed by atoms with Crippen LogP contribution in [0.1, 0.15) is 76.1 Å². The summed E-state index contributed by atoms with van der Waals surface area (Å²) in [7, 11) is 0. The zero-order valence-electron chi connectivity index (χ0n) is 24.1. The van der Waals surface area contributed by atoms with Gasteiger partial charge in [-0.05, 0) is 95.6 Å². The summed E-state index contributed by atoms with van der Waals surface area (Å²) in [5, 5.41) is 10.8. The zero-order chi connectivity index (χ0) is 28.5. The summed E-state index contributed by atoms with van der Waals surface area (Å²) in [6.45, 7) is 9.27. The first-order chi connectivity index (χ1) is 19.2. The van der Waals surface area contributed by atoms with E-state index in [0.717, 1.165) is 74.8 Å². The number of para-hydroxylation sites is 1. The number of fused-ring (bicyclic) bond motifs is 1. The Hall–Kier alpha value is -3.52. The molecule has 1 saturated heterocycles. The van der Waals surface area contributed by atoms with Gasteiger partial charge in [-0.15, -0.1) is 0 Å². The van der Waals surface area contributed by atoms with Crippen LogP contribution in [0.15, 0.2) is 35.4 Å². The fraction of sp³-hybridized carbons (Fsp3) is 0.633. The first-order valence-electron chi connectivity index (χ1n) is 14.6. The maximum Gasteiger partial charge on any atom is 0.407 e. The first-order valence-corrected chi connectivity index (χ1v) is 14.6. The Morgan fingerprint density at radius 3 is 2.33 bits per heavy atom. The second-order valence-corrected chi connectivity index (χ2v) is 12.2. The second kappa shape index (κ2) is 13.7. The number of nitrogens with zero attached hydrogens (tertiary/aromatic N) is 4. The third kappa shape index (κ3) is 8.49. The fourth-order valence-electron chi connectivity index (χ4n) is 5.77. The van der Waals surface area contributed by atoms with Gasteiger partial charge in [-0.1, -0.05) is 18.2 Å². The number of pyridine rings is 1. The highest BCUT2D eigenvalue weighted by Crippen LogP contribution is 2.30. The molecule has 2 aliphatic rings. The number of hydrogen-bond acceptors (Lipinski definition) is 7. The molecule has 1 aromatic carbocycles. The molecular weight excluding hydrogens is 506 g/mol. The monoisotopic (exact) mass is 550 g/mol. The van der Waals surface area contributed by atoms with Crippen LogP contribution < -0.4 is 20.4 Å². The third-order valence-corrected chi connectivity index (χ3v) is 8.05. The summed E-state index contributed by atoms with van der Waals surface area (Å²) in [4.78, 5) is 35.7. The van der Waals surface area contributed by atoms with Crippen molar-refractivity contribution in [3.8, 4) is 0 Å². The smallest absolute Gasteiger partial charge is 0.407 e. The van der Waals surface area contributed by atoms with Crippen molar-refractivity contribution in [1.82, 2.24) is 20.5 Å². The molecule has 0 spiro atoms. The Balaban J connectivity index is 1.30. The standard InChI is InChI=1S/C30H43N7O3/c1-30(2,3)40-29(39)33-20-23-10-8-22(9-11-23)19-32-28(38)25-18-27(35-26-7-5-4-6-24(25)26)37-16-13-21(14-17-37)12-15-34-36-31/h4-7,18,21-23,31H,8-17,19-20H2,1-3H3,(H-,32,33,38,39)/p+1. The summed E-state index contributed by atoms with van der Waals surface area (Å²) in [6.07, 6.45) is 6.79. The van der Waals surface area contributed by atoms with Crippen molar-refractivity contribution in [3.63, 3.8) is 0 Å². The third-order valence-electron chi connectivity index (χ3n) is 8.05. The summed E-state index contributed by atoms with van der Waals surface area (Å²) >= 11 is 0. The summed E-state index contributed by atoms with van der Waals surface area (Å²) in [5.41, 5.74) is 7.84. The molecule has 1 aromatic heterocycles. The van der Waals surface area contributed by atoms with E-state index in [1.807, 2.05) is 51.1 Å². The Morgan fingerprint density at radius 2 is 1.68 bits per heavy atom. The van der Waals surface area contributed by atoms with E-state index >= 15 is 0 Å². The van der Waals surface area contributed by atoms with Gasteiger partial charge in [-0.2, -0.15) is 0 Å². The molecule has 2 aromatic rings. The van der Waals surface area contributed by atoms with Gasteiger partial charge in [0.15, 0.2) is 0 Å². The van der Waals surface area contributed by atoms with E-state index in [2.05, 4.69) is 25.6 Å². The SMILES string of the molecule is CC(C)(C)OC(=O)NCC1CCC(CNC(=O)c2cc(N3CCC(CCN=[N+]=N)CC3)nc3ccccc23)CC1. The molecule has 1 aliphatic heterocycles. The minimum atomic E-state index is -0.492. The predicted molar refractivity (Wildman–Crippen MR) is 155 cm³/mol. The van der Waals surface area contributed by atoms with Crippen LogP contribution in [0.3, 0.4) is 0 Å². The minimum absolute atomic E-state index is 0.0517. The summed E-state index contributed by atoms with van der Waals surface area (Å²) in [6, 6.07) is 9.81. The maximum absolute atomic E-state index is 13.4. The number of rotatable bonds is 9. The molecule has 2 amide bonds. The maximum atomic E-state index is 13.4. The molecular formula is C30H44N7O3+. The quantitative estimate of drug-likeness (QED) is 0.282. The van der Waals surface area contributed by atoms with Gasteiger partial charge in [-0.25, -0.2) is 9.78 Å². The van der Waals surface area contributed by atoms with Crippen molar-refractivity contribution in [3.05, 3.63) is 35.9 Å². The average molecular weight is 551 g/mol. The van der Waals surface area contributed by atoms with E-state index in [1.54, 1.807) is 0 Å². The van der Waals surface area contributed by atoms with Crippen LogP contribution in [-0.2, 0) is 4.74 Å². The van der Waals surface area contributed by atoms with Crippen molar-refractivity contribution in [2.24, 2.45) is 22.9 Å². The summed E-state index contributed by atoms with van der Waals surface area (Å²) in [5.74, 6) is 2.25. The van der Waals surface area contributed by atoms with Crippen molar-refractivity contribution < 1.29 is 14.3 Å². The van der Waals surface area contributed by atoms with E-state index in [0.29, 0.717) is 43.0 Å². The summed E-state index contributed by atoms with van der Waals surface area (Å²) < 4.78 is 5.34. The van der Waals surface area contributed by atoms with Crippen LogP contribution in [0, 0.1) is 23.3 Å². The molecule has 1 aliphatic carbocycles. The molecule has 10 heteroatoms. The molecule has 0 atom stereocenters. The van der Waals surface area contributed by atoms with E-state index in [4.69, 9.17) is 15.3 Å². The average Bonchev–Trinajstić information content (AvgIpc) is 2.94. The van der Waals surface area contributed by atoms with E-state index < -0.39 is 5.60 Å². The van der Waals surface area contributed by atoms with Crippen LogP contribution in [0.2, 0.25) is 0 Å². The molecule has 4 rings (SSSR count). The number of piperidine rings is 1. The number of nitrogens with one attached hydrogen (secondary N) is 3. The molecule has 0 radical (unpaired) electrons. The molecule has 1 saturated carbocycles. The number of carbonyl (C=O) groups excluding carboxylic acids is 2. The lowest BCUT2D eigenvalue weighted by molar-refractivity contribution is 0.0512. The predicted octanol–water partition coefficient (Wildman–Crippen LogP) is 5.45.